The predicted octanol–water partition coefficient (Wildman–Crippen LogP) is 1.74. The first-order valence-electron chi connectivity index (χ1n) is 5.37. The summed E-state index contributed by atoms with van der Waals surface area (Å²) in [6.07, 6.45) is 3.29. The molecular weight excluding hydrogens is 300 g/mol. The summed E-state index contributed by atoms with van der Waals surface area (Å²) in [6.45, 7) is 6.25. The maximum absolute atomic E-state index is 12.0. The molecule has 0 aliphatic carbocycles. The highest BCUT2D eigenvalue weighted by Gasteiger charge is 2.20. The van der Waals surface area contributed by atoms with E-state index < -0.39 is 6.03 Å². The molecule has 0 saturated carbocycles. The Morgan fingerprint density at radius 3 is 2.72 bits per heavy atom. The normalized spacial score (nSPS) is 11.8. The van der Waals surface area contributed by atoms with Crippen LogP contribution in [0.25, 0.3) is 0 Å². The van der Waals surface area contributed by atoms with Crippen molar-refractivity contribution in [3.63, 3.8) is 0 Å². The largest absolute Gasteiger partial charge is 0.373 e. The van der Waals surface area contributed by atoms with Crippen molar-refractivity contribution in [2.24, 2.45) is 5.41 Å². The summed E-state index contributed by atoms with van der Waals surface area (Å²) in [7, 11) is 0. The summed E-state index contributed by atoms with van der Waals surface area (Å²) in [6, 6.07) is -0.424. The fraction of sp³-hybridized carbons (Fsp3) is 0.500. The number of rotatable bonds is 1. The van der Waals surface area contributed by atoms with E-state index in [0.717, 1.165) is 9.36 Å². The van der Waals surface area contributed by atoms with Crippen LogP contribution in [0.5, 0.6) is 0 Å². The lowest BCUT2D eigenvalue weighted by atomic mass is 9.92. The molecule has 8 heteroatoms. The Labute approximate surface area is 112 Å². The van der Waals surface area contributed by atoms with Gasteiger partial charge in [0.2, 0.25) is 4.73 Å². The molecule has 0 unspecified atom stereocenters. The summed E-state index contributed by atoms with van der Waals surface area (Å²) < 4.78 is 2.62. The Hall–Kier alpha value is -1.57. The summed E-state index contributed by atoms with van der Waals surface area (Å²) in [5, 5.41) is 7.94. The van der Waals surface area contributed by atoms with Gasteiger partial charge in [0.15, 0.2) is 5.82 Å². The second-order valence-corrected chi connectivity index (χ2v) is 5.78. The third-order valence-electron chi connectivity index (χ3n) is 2.10. The van der Waals surface area contributed by atoms with E-state index in [4.69, 9.17) is 0 Å². The van der Waals surface area contributed by atoms with E-state index in [0.29, 0.717) is 17.0 Å². The maximum Gasteiger partial charge on any atom is 0.373 e. The number of hydrogen-bond acceptors (Lipinski definition) is 5. The van der Waals surface area contributed by atoms with Crippen LogP contribution in [-0.4, -0.2) is 35.6 Å². The van der Waals surface area contributed by atoms with Gasteiger partial charge in [0.05, 0.1) is 0 Å². The van der Waals surface area contributed by atoms with Gasteiger partial charge in [0.25, 0.3) is 0 Å². The number of carbonyl (C=O) groups is 1. The van der Waals surface area contributed by atoms with Crippen LogP contribution in [0.2, 0.25) is 0 Å². The second kappa shape index (κ2) is 4.60. The van der Waals surface area contributed by atoms with E-state index in [1.807, 2.05) is 0 Å². The van der Waals surface area contributed by atoms with E-state index in [1.54, 1.807) is 0 Å². The van der Waals surface area contributed by atoms with Crippen molar-refractivity contribution < 1.29 is 4.79 Å². The van der Waals surface area contributed by atoms with Gasteiger partial charge in [-0.25, -0.2) is 14.8 Å². The van der Waals surface area contributed by atoms with Gasteiger partial charge in [-0.15, -0.1) is 5.10 Å². The van der Waals surface area contributed by atoms with Crippen LogP contribution in [0.4, 0.5) is 4.79 Å². The molecule has 0 aromatic carbocycles. The first-order valence-corrected chi connectivity index (χ1v) is 6.17. The Morgan fingerprint density at radius 2 is 2.17 bits per heavy atom. The Kier molecular flexibility index (Phi) is 3.29. The molecule has 0 amide bonds. The molecule has 0 saturated heterocycles. The molecule has 0 atom stereocenters. The molecule has 2 rings (SSSR count). The van der Waals surface area contributed by atoms with Crippen molar-refractivity contribution in [1.82, 2.24) is 29.5 Å². The molecule has 0 bridgehead atoms. The smallest absolute Gasteiger partial charge is 0.243 e. The van der Waals surface area contributed by atoms with Gasteiger partial charge in [0.1, 0.15) is 12.7 Å². The molecule has 0 N–H and O–H groups in total. The zero-order valence-corrected chi connectivity index (χ0v) is 11.9. The van der Waals surface area contributed by atoms with Crippen LogP contribution in [0, 0.1) is 5.41 Å². The number of carbonyl (C=O) groups excluding carboxylic acids is 1. The molecule has 0 aliphatic rings. The van der Waals surface area contributed by atoms with Gasteiger partial charge in [0, 0.05) is 6.42 Å². The molecule has 0 aliphatic heterocycles. The van der Waals surface area contributed by atoms with Crippen molar-refractivity contribution in [2.45, 2.75) is 27.2 Å². The van der Waals surface area contributed by atoms with Crippen LogP contribution in [-0.2, 0) is 6.42 Å². The highest BCUT2D eigenvalue weighted by atomic mass is 79.9. The highest BCUT2D eigenvalue weighted by molar-refractivity contribution is 9.10. The van der Waals surface area contributed by atoms with Gasteiger partial charge < -0.3 is 0 Å². The lowest BCUT2D eigenvalue weighted by molar-refractivity contribution is 0.237. The fourth-order valence-electron chi connectivity index (χ4n) is 1.41. The summed E-state index contributed by atoms with van der Waals surface area (Å²) in [5.74, 6) is 0.614. The predicted molar refractivity (Wildman–Crippen MR) is 67.1 cm³/mol. The standard InChI is InChI=1S/C10H13BrN6O/c1-10(2,3)4-7-14-8(11)17(15-7)9(18)16-6-12-5-13-16/h5-6H,4H2,1-3H3. The van der Waals surface area contributed by atoms with Gasteiger partial charge in [-0.1, -0.05) is 20.8 Å². The minimum absolute atomic E-state index is 0.0575. The van der Waals surface area contributed by atoms with Gasteiger partial charge in [-0.3, -0.25) is 0 Å². The van der Waals surface area contributed by atoms with Crippen molar-refractivity contribution in [2.75, 3.05) is 0 Å². The van der Waals surface area contributed by atoms with Crippen LogP contribution in [0.1, 0.15) is 26.6 Å². The number of halogens is 1. The maximum atomic E-state index is 12.0. The van der Waals surface area contributed by atoms with E-state index in [2.05, 4.69) is 56.9 Å². The molecule has 7 nitrogen and oxygen atoms in total. The Bertz CT molecular complexity index is 553. The topological polar surface area (TPSA) is 78.5 Å². The number of nitrogens with zero attached hydrogens (tertiary/aromatic N) is 6. The fourth-order valence-corrected chi connectivity index (χ4v) is 1.84. The van der Waals surface area contributed by atoms with Crippen LogP contribution >= 0.6 is 15.9 Å². The summed E-state index contributed by atoms with van der Waals surface area (Å²) >= 11 is 3.22. The molecule has 0 spiro atoms. The lowest BCUT2D eigenvalue weighted by Crippen LogP contribution is -2.21. The van der Waals surface area contributed by atoms with Crippen molar-refractivity contribution in [3.05, 3.63) is 23.2 Å². The number of hydrogen-bond donors (Lipinski definition) is 0. The molecule has 2 aromatic heterocycles. The third kappa shape index (κ3) is 2.81. The monoisotopic (exact) mass is 312 g/mol. The first-order chi connectivity index (χ1) is 8.37. The number of aromatic nitrogens is 6. The zero-order valence-electron chi connectivity index (χ0n) is 10.3. The molecule has 0 fully saturated rings. The van der Waals surface area contributed by atoms with Crippen molar-refractivity contribution in [1.29, 1.82) is 0 Å². The molecule has 0 radical (unpaired) electrons. The van der Waals surface area contributed by atoms with Crippen LogP contribution in [0.15, 0.2) is 17.4 Å². The quantitative estimate of drug-likeness (QED) is 0.801. The first kappa shape index (κ1) is 12.9. The van der Waals surface area contributed by atoms with E-state index >= 15 is 0 Å². The second-order valence-electron chi connectivity index (χ2n) is 5.07. The minimum Gasteiger partial charge on any atom is -0.243 e. The van der Waals surface area contributed by atoms with Gasteiger partial charge in [-0.2, -0.15) is 14.5 Å². The lowest BCUT2D eigenvalue weighted by Gasteiger charge is -2.14. The van der Waals surface area contributed by atoms with E-state index in [1.165, 1.54) is 12.7 Å². The van der Waals surface area contributed by atoms with Crippen molar-refractivity contribution in [3.8, 4) is 0 Å². The van der Waals surface area contributed by atoms with Crippen molar-refractivity contribution >= 4 is 22.0 Å². The zero-order chi connectivity index (χ0) is 13.3. The molecule has 2 heterocycles. The molecule has 2 aromatic rings. The molecule has 96 valence electrons. The van der Waals surface area contributed by atoms with E-state index in [-0.39, 0.29) is 5.41 Å². The molecule has 18 heavy (non-hydrogen) atoms. The van der Waals surface area contributed by atoms with Crippen LogP contribution in [0.3, 0.4) is 0 Å². The summed E-state index contributed by atoms with van der Waals surface area (Å²) in [5.41, 5.74) is 0.0575. The van der Waals surface area contributed by atoms with Crippen LogP contribution < -0.4 is 0 Å². The Morgan fingerprint density at radius 1 is 1.44 bits per heavy atom. The molecular formula is C10H13BrN6O. The van der Waals surface area contributed by atoms with E-state index in [9.17, 15) is 4.79 Å². The van der Waals surface area contributed by atoms with Gasteiger partial charge >= 0.3 is 6.03 Å². The SMILES string of the molecule is CC(C)(C)Cc1nc(Br)n(C(=O)n2cncn2)n1. The highest BCUT2D eigenvalue weighted by Crippen LogP contribution is 2.19. The summed E-state index contributed by atoms with van der Waals surface area (Å²) in [4.78, 5) is 19.9. The Balaban J connectivity index is 2.27. The average Bonchev–Trinajstić information content (AvgIpc) is 2.84. The van der Waals surface area contributed by atoms with Gasteiger partial charge in [-0.05, 0) is 21.3 Å². The minimum atomic E-state index is -0.424. The third-order valence-corrected chi connectivity index (χ3v) is 2.61. The average molecular weight is 313 g/mol.